The third-order valence-electron chi connectivity index (χ3n) is 5.93. The molecule has 1 heterocycles. The number of hydrogen-bond donors (Lipinski definition) is 3. The lowest BCUT2D eigenvalue weighted by atomic mass is 9.99. The van der Waals surface area contributed by atoms with Crippen LogP contribution in [0.3, 0.4) is 0 Å². The molecule has 0 saturated heterocycles. The molecule has 0 aliphatic heterocycles. The molecular weight excluding hydrogens is 472 g/mol. The number of carbonyl (C=O) groups excluding carboxylic acids is 2. The summed E-state index contributed by atoms with van der Waals surface area (Å²) in [7, 11) is 1.36. The summed E-state index contributed by atoms with van der Waals surface area (Å²) in [4.78, 5) is 29.6. The summed E-state index contributed by atoms with van der Waals surface area (Å²) in [5, 5.41) is 6.04. The molecule has 0 saturated carbocycles. The molecule has 7 nitrogen and oxygen atoms in total. The first-order valence-electron chi connectivity index (χ1n) is 11.8. The van der Waals surface area contributed by atoms with Crippen LogP contribution >= 0.6 is 12.2 Å². The highest BCUT2D eigenvalue weighted by Gasteiger charge is 2.23. The third kappa shape index (κ3) is 7.19. The Morgan fingerprint density at radius 2 is 1.81 bits per heavy atom. The van der Waals surface area contributed by atoms with Crippen molar-refractivity contribution in [2.45, 2.75) is 45.2 Å². The van der Waals surface area contributed by atoms with Gasteiger partial charge >= 0.3 is 5.97 Å². The highest BCUT2D eigenvalue weighted by molar-refractivity contribution is 7.80. The second kappa shape index (κ2) is 12.9. The first kappa shape index (κ1) is 27.0. The maximum atomic E-state index is 12.5. The number of methoxy groups -OCH3 is 1. The van der Waals surface area contributed by atoms with Crippen molar-refractivity contribution in [3.8, 4) is 0 Å². The fourth-order valence-electron chi connectivity index (χ4n) is 3.97. The molecule has 3 aromatic rings. The average Bonchev–Trinajstić information content (AvgIpc) is 2.89. The zero-order valence-electron chi connectivity index (χ0n) is 20.8. The minimum absolute atomic E-state index is 0.281. The van der Waals surface area contributed by atoms with Crippen molar-refractivity contribution in [1.82, 2.24) is 10.3 Å². The van der Waals surface area contributed by atoms with Gasteiger partial charge in [0.2, 0.25) is 5.91 Å². The number of aromatic nitrogens is 1. The van der Waals surface area contributed by atoms with Gasteiger partial charge in [0.05, 0.1) is 13.2 Å². The number of thiocarbonyl (C=S) groups is 1. The zero-order chi connectivity index (χ0) is 26.1. The molecule has 188 valence electrons. The molecule has 0 aliphatic rings. The smallest absolute Gasteiger partial charge is 0.328 e. The molecule has 1 amide bonds. The molecule has 0 radical (unpaired) electrons. The van der Waals surface area contributed by atoms with Crippen molar-refractivity contribution in [2.24, 2.45) is 5.73 Å². The van der Waals surface area contributed by atoms with E-state index < -0.39 is 18.1 Å². The monoisotopic (exact) mass is 504 g/mol. The van der Waals surface area contributed by atoms with Crippen molar-refractivity contribution >= 4 is 34.8 Å². The van der Waals surface area contributed by atoms with Gasteiger partial charge in [0, 0.05) is 30.1 Å². The standard InChI is InChI=1S/C28H32N4O3S/c1-4-21-9-5-7-18(2)25(21)27(36)32-24(28(34)35-3)16-19-10-12-22(13-11-19)31-26(33)23(29)15-20-8-6-14-30-17-20/h5-14,17,23-24H,4,15-16,29H2,1-3H3,(H,31,33)(H,32,36)/t23-,24+/m1/s1. The van der Waals surface area contributed by atoms with Gasteiger partial charge in [-0.1, -0.05) is 55.5 Å². The average molecular weight is 505 g/mol. The topological polar surface area (TPSA) is 106 Å². The van der Waals surface area contributed by atoms with E-state index in [1.165, 1.54) is 7.11 Å². The SMILES string of the molecule is CCc1cccc(C)c1C(=S)N[C@@H](Cc1ccc(NC(=O)[C@H](N)Cc2cccnc2)cc1)C(=O)OC. The van der Waals surface area contributed by atoms with E-state index in [1.807, 2.05) is 49.4 Å². The van der Waals surface area contributed by atoms with Crippen LogP contribution < -0.4 is 16.4 Å². The number of aryl methyl sites for hydroxylation is 2. The molecule has 0 bridgehead atoms. The molecule has 8 heteroatoms. The number of nitrogens with zero attached hydrogens (tertiary/aromatic N) is 1. The Bertz CT molecular complexity index is 1200. The van der Waals surface area contributed by atoms with E-state index in [0.29, 0.717) is 23.5 Å². The molecule has 2 atom stereocenters. The fourth-order valence-corrected chi connectivity index (χ4v) is 4.41. The minimum Gasteiger partial charge on any atom is -0.467 e. The van der Waals surface area contributed by atoms with Crippen LogP contribution in [0.2, 0.25) is 0 Å². The Labute approximate surface area is 217 Å². The van der Waals surface area contributed by atoms with Crippen LogP contribution in [0.15, 0.2) is 67.0 Å². The number of nitrogens with two attached hydrogens (primary N) is 1. The van der Waals surface area contributed by atoms with E-state index in [-0.39, 0.29) is 5.91 Å². The lowest BCUT2D eigenvalue weighted by molar-refractivity contribution is -0.142. The van der Waals surface area contributed by atoms with Crippen LogP contribution in [-0.2, 0) is 33.6 Å². The number of ether oxygens (including phenoxy) is 1. The maximum absolute atomic E-state index is 12.5. The number of benzene rings is 2. The van der Waals surface area contributed by atoms with E-state index in [9.17, 15) is 9.59 Å². The Hall–Kier alpha value is -3.62. The van der Waals surface area contributed by atoms with Crippen LogP contribution in [0.25, 0.3) is 0 Å². The Morgan fingerprint density at radius 1 is 1.06 bits per heavy atom. The third-order valence-corrected chi connectivity index (χ3v) is 6.26. The summed E-state index contributed by atoms with van der Waals surface area (Å²) >= 11 is 5.68. The van der Waals surface area contributed by atoms with Gasteiger partial charge < -0.3 is 21.1 Å². The van der Waals surface area contributed by atoms with Crippen molar-refractivity contribution < 1.29 is 14.3 Å². The molecule has 0 aliphatic carbocycles. The van der Waals surface area contributed by atoms with Crippen molar-refractivity contribution in [1.29, 1.82) is 0 Å². The summed E-state index contributed by atoms with van der Waals surface area (Å²) in [5.41, 5.74) is 11.6. The van der Waals surface area contributed by atoms with Gasteiger partial charge in [-0.05, 0) is 60.2 Å². The lowest BCUT2D eigenvalue weighted by Crippen LogP contribution is -2.43. The van der Waals surface area contributed by atoms with E-state index in [4.69, 9.17) is 22.7 Å². The molecule has 2 aromatic carbocycles. The molecule has 4 N–H and O–H groups in total. The van der Waals surface area contributed by atoms with Crippen LogP contribution in [-0.4, -0.2) is 41.0 Å². The molecular formula is C28H32N4O3S. The predicted octanol–water partition coefficient (Wildman–Crippen LogP) is 3.51. The normalized spacial score (nSPS) is 12.3. The summed E-state index contributed by atoms with van der Waals surface area (Å²) in [5.74, 6) is -0.682. The minimum atomic E-state index is -0.697. The van der Waals surface area contributed by atoms with Crippen molar-refractivity contribution in [3.05, 3.63) is 94.8 Å². The van der Waals surface area contributed by atoms with Gasteiger partial charge in [-0.25, -0.2) is 4.79 Å². The maximum Gasteiger partial charge on any atom is 0.328 e. The van der Waals surface area contributed by atoms with Crippen molar-refractivity contribution in [2.75, 3.05) is 12.4 Å². The first-order chi connectivity index (χ1) is 17.3. The van der Waals surface area contributed by atoms with Gasteiger partial charge in [0.15, 0.2) is 0 Å². The Balaban J connectivity index is 1.65. The van der Waals surface area contributed by atoms with Crippen LogP contribution in [0, 0.1) is 6.92 Å². The molecule has 36 heavy (non-hydrogen) atoms. The van der Waals surface area contributed by atoms with E-state index in [2.05, 4.69) is 22.5 Å². The molecule has 0 fully saturated rings. The lowest BCUT2D eigenvalue weighted by Gasteiger charge is -2.21. The number of nitrogens with one attached hydrogen (secondary N) is 2. The Morgan fingerprint density at radius 3 is 2.44 bits per heavy atom. The first-order valence-corrected chi connectivity index (χ1v) is 12.2. The number of rotatable bonds is 10. The van der Waals surface area contributed by atoms with Gasteiger partial charge in [0.25, 0.3) is 0 Å². The number of amides is 1. The van der Waals surface area contributed by atoms with Gasteiger partial charge in [0.1, 0.15) is 11.0 Å². The zero-order valence-corrected chi connectivity index (χ0v) is 21.6. The summed E-state index contributed by atoms with van der Waals surface area (Å²) < 4.78 is 5.02. The van der Waals surface area contributed by atoms with E-state index in [0.717, 1.165) is 34.2 Å². The van der Waals surface area contributed by atoms with Gasteiger partial charge in [-0.3, -0.25) is 9.78 Å². The summed E-state index contributed by atoms with van der Waals surface area (Å²) in [6.45, 7) is 4.08. The van der Waals surface area contributed by atoms with E-state index >= 15 is 0 Å². The molecule has 1 aromatic heterocycles. The highest BCUT2D eigenvalue weighted by Crippen LogP contribution is 2.17. The predicted molar refractivity (Wildman–Crippen MR) is 146 cm³/mol. The number of pyridine rings is 1. The van der Waals surface area contributed by atoms with Gasteiger partial charge in [-0.2, -0.15) is 0 Å². The van der Waals surface area contributed by atoms with E-state index in [1.54, 1.807) is 24.5 Å². The molecule has 0 spiro atoms. The second-order valence-corrected chi connectivity index (χ2v) is 8.98. The Kier molecular flexibility index (Phi) is 9.67. The highest BCUT2D eigenvalue weighted by atomic mass is 32.1. The second-order valence-electron chi connectivity index (χ2n) is 8.57. The molecule has 0 unspecified atom stereocenters. The van der Waals surface area contributed by atoms with Crippen LogP contribution in [0.4, 0.5) is 5.69 Å². The van der Waals surface area contributed by atoms with Crippen molar-refractivity contribution in [3.63, 3.8) is 0 Å². The molecule has 3 rings (SSSR count). The number of hydrogen-bond acceptors (Lipinski definition) is 6. The number of anilines is 1. The number of carbonyl (C=O) groups is 2. The van der Waals surface area contributed by atoms with Gasteiger partial charge in [-0.15, -0.1) is 0 Å². The summed E-state index contributed by atoms with van der Waals surface area (Å²) in [6, 6.07) is 15.7. The fraction of sp³-hybridized carbons (Fsp3) is 0.286. The largest absolute Gasteiger partial charge is 0.467 e. The van der Waals surface area contributed by atoms with Crippen LogP contribution in [0.5, 0.6) is 0 Å². The summed E-state index contributed by atoms with van der Waals surface area (Å²) in [6.07, 6.45) is 4.97. The number of esters is 1. The quantitative estimate of drug-likeness (QED) is 0.287. The van der Waals surface area contributed by atoms with Crippen LogP contribution in [0.1, 0.15) is 34.7 Å².